The molecule has 0 saturated heterocycles. The largest absolute Gasteiger partial charge is 0.385 e. The molecule has 0 aromatic heterocycles. The third-order valence-corrected chi connectivity index (χ3v) is 4.19. The van der Waals surface area contributed by atoms with Gasteiger partial charge in [-0.25, -0.2) is 13.1 Å². The van der Waals surface area contributed by atoms with Crippen LogP contribution in [0.15, 0.2) is 29.2 Å². The van der Waals surface area contributed by atoms with Gasteiger partial charge in [-0.2, -0.15) is 0 Å². The van der Waals surface area contributed by atoms with Gasteiger partial charge < -0.3 is 9.84 Å². The van der Waals surface area contributed by atoms with Gasteiger partial charge >= 0.3 is 0 Å². The van der Waals surface area contributed by atoms with Crippen LogP contribution in [0, 0.1) is 11.8 Å². The van der Waals surface area contributed by atoms with Gasteiger partial charge in [0.25, 0.3) is 0 Å². The summed E-state index contributed by atoms with van der Waals surface area (Å²) in [6, 6.07) is 6.00. The second kappa shape index (κ2) is 8.02. The molecule has 0 bridgehead atoms. The molecule has 0 amide bonds. The summed E-state index contributed by atoms with van der Waals surface area (Å²) in [4.78, 5) is 0.191. The van der Waals surface area contributed by atoms with Gasteiger partial charge in [0.1, 0.15) is 6.61 Å². The Labute approximate surface area is 120 Å². The fourth-order valence-electron chi connectivity index (χ4n) is 1.55. The van der Waals surface area contributed by atoms with E-state index in [2.05, 4.69) is 16.6 Å². The molecule has 0 saturated carbocycles. The van der Waals surface area contributed by atoms with Crippen molar-refractivity contribution in [2.75, 3.05) is 20.3 Å². The summed E-state index contributed by atoms with van der Waals surface area (Å²) in [7, 11) is -1.95. The van der Waals surface area contributed by atoms with Crippen molar-refractivity contribution in [2.24, 2.45) is 0 Å². The highest BCUT2D eigenvalue weighted by atomic mass is 32.2. The van der Waals surface area contributed by atoms with Crippen LogP contribution in [0.25, 0.3) is 0 Å². The molecule has 5 nitrogen and oxygen atoms in total. The number of rotatable bonds is 6. The molecular formula is C14H19NO4S. The van der Waals surface area contributed by atoms with Crippen molar-refractivity contribution in [3.8, 4) is 11.8 Å². The molecule has 0 aliphatic carbocycles. The van der Waals surface area contributed by atoms with Crippen LogP contribution < -0.4 is 4.72 Å². The van der Waals surface area contributed by atoms with Crippen LogP contribution in [0.5, 0.6) is 0 Å². The van der Waals surface area contributed by atoms with Crippen molar-refractivity contribution in [3.05, 3.63) is 29.8 Å². The van der Waals surface area contributed by atoms with Crippen LogP contribution in [0.2, 0.25) is 0 Å². The SMILES string of the molecule is COCCC(C)NS(=O)(=O)c1ccc(C#CCO)cc1. The van der Waals surface area contributed by atoms with E-state index in [1.54, 1.807) is 26.2 Å². The zero-order valence-corrected chi connectivity index (χ0v) is 12.4. The molecule has 0 aliphatic heterocycles. The third-order valence-electron chi connectivity index (χ3n) is 2.59. The first-order valence-electron chi connectivity index (χ1n) is 6.20. The molecule has 0 radical (unpaired) electrons. The third kappa shape index (κ3) is 5.31. The number of aliphatic hydroxyl groups excluding tert-OH is 1. The molecule has 1 aromatic carbocycles. The summed E-state index contributed by atoms with van der Waals surface area (Å²) in [5.74, 6) is 5.21. The van der Waals surface area contributed by atoms with Crippen LogP contribution >= 0.6 is 0 Å². The average Bonchev–Trinajstić information content (AvgIpc) is 2.43. The van der Waals surface area contributed by atoms with Crippen molar-refractivity contribution in [2.45, 2.75) is 24.3 Å². The van der Waals surface area contributed by atoms with Gasteiger partial charge in [-0.05, 0) is 37.6 Å². The lowest BCUT2D eigenvalue weighted by Gasteiger charge is -2.13. The van der Waals surface area contributed by atoms with E-state index < -0.39 is 10.0 Å². The van der Waals surface area contributed by atoms with Crippen molar-refractivity contribution in [1.29, 1.82) is 0 Å². The van der Waals surface area contributed by atoms with E-state index in [0.717, 1.165) is 0 Å². The Hall–Kier alpha value is -1.39. The molecule has 1 rings (SSSR count). The molecule has 0 aliphatic rings. The summed E-state index contributed by atoms with van der Waals surface area (Å²) in [6.07, 6.45) is 0.607. The number of ether oxygens (including phenoxy) is 1. The van der Waals surface area contributed by atoms with Crippen molar-refractivity contribution in [1.82, 2.24) is 4.72 Å². The number of nitrogens with one attached hydrogen (secondary N) is 1. The summed E-state index contributed by atoms with van der Waals surface area (Å²) in [6.45, 7) is 2.07. The average molecular weight is 297 g/mol. The Morgan fingerprint density at radius 2 is 2.00 bits per heavy atom. The van der Waals surface area contributed by atoms with Crippen molar-refractivity contribution < 1.29 is 18.3 Å². The molecule has 1 unspecified atom stereocenters. The Balaban J connectivity index is 2.77. The minimum absolute atomic E-state index is 0.191. The first kappa shape index (κ1) is 16.7. The molecule has 0 spiro atoms. The molecule has 2 N–H and O–H groups in total. The smallest absolute Gasteiger partial charge is 0.240 e. The molecule has 6 heteroatoms. The number of aliphatic hydroxyl groups is 1. The predicted molar refractivity (Wildman–Crippen MR) is 76.7 cm³/mol. The second-order valence-corrected chi connectivity index (χ2v) is 6.00. The van der Waals surface area contributed by atoms with Gasteiger partial charge in [-0.1, -0.05) is 11.8 Å². The summed E-state index contributed by atoms with van der Waals surface area (Å²) < 4.78 is 31.7. The standard InChI is InChI=1S/C14H19NO4S/c1-12(9-11-19-2)15-20(17,18)14-7-5-13(6-8-14)4-3-10-16/h5-8,12,15-16H,9-11H2,1-2H3. The Morgan fingerprint density at radius 1 is 1.35 bits per heavy atom. The van der Waals surface area contributed by atoms with E-state index in [-0.39, 0.29) is 17.5 Å². The molecule has 0 fully saturated rings. The minimum Gasteiger partial charge on any atom is -0.385 e. The molecule has 1 aromatic rings. The van der Waals surface area contributed by atoms with Gasteiger partial charge in [0.15, 0.2) is 0 Å². The van der Waals surface area contributed by atoms with Gasteiger partial charge in [-0.3, -0.25) is 0 Å². The minimum atomic E-state index is -3.53. The van der Waals surface area contributed by atoms with E-state index in [1.165, 1.54) is 12.1 Å². The lowest BCUT2D eigenvalue weighted by Crippen LogP contribution is -2.33. The number of methoxy groups -OCH3 is 1. The maximum absolute atomic E-state index is 12.1. The monoisotopic (exact) mass is 297 g/mol. The van der Waals surface area contributed by atoms with Gasteiger partial charge in [0, 0.05) is 25.3 Å². The molecule has 1 atom stereocenters. The summed E-state index contributed by atoms with van der Waals surface area (Å²) in [5.41, 5.74) is 0.658. The predicted octanol–water partition coefficient (Wildman–Crippen LogP) is 0.734. The second-order valence-electron chi connectivity index (χ2n) is 4.29. The van der Waals surface area contributed by atoms with Crippen molar-refractivity contribution >= 4 is 10.0 Å². The molecular weight excluding hydrogens is 278 g/mol. The van der Waals surface area contributed by atoms with E-state index in [9.17, 15) is 8.42 Å². The van der Waals surface area contributed by atoms with Crippen LogP contribution in [0.1, 0.15) is 18.9 Å². The molecule has 0 heterocycles. The number of sulfonamides is 1. The van der Waals surface area contributed by atoms with E-state index in [0.29, 0.717) is 18.6 Å². The van der Waals surface area contributed by atoms with Gasteiger partial charge in [-0.15, -0.1) is 0 Å². The van der Waals surface area contributed by atoms with Crippen LogP contribution in [-0.2, 0) is 14.8 Å². The number of hydrogen-bond acceptors (Lipinski definition) is 4. The van der Waals surface area contributed by atoms with Gasteiger partial charge in [0.2, 0.25) is 10.0 Å². The maximum Gasteiger partial charge on any atom is 0.240 e. The molecule has 20 heavy (non-hydrogen) atoms. The number of benzene rings is 1. The first-order valence-corrected chi connectivity index (χ1v) is 7.69. The Morgan fingerprint density at radius 3 is 2.55 bits per heavy atom. The fraction of sp³-hybridized carbons (Fsp3) is 0.429. The summed E-state index contributed by atoms with van der Waals surface area (Å²) >= 11 is 0. The highest BCUT2D eigenvalue weighted by molar-refractivity contribution is 7.89. The normalized spacial score (nSPS) is 12.6. The fourth-order valence-corrected chi connectivity index (χ4v) is 2.82. The highest BCUT2D eigenvalue weighted by Gasteiger charge is 2.16. The van der Waals surface area contributed by atoms with Crippen LogP contribution in [-0.4, -0.2) is 39.9 Å². The topological polar surface area (TPSA) is 75.6 Å². The Bertz CT molecular complexity index is 569. The zero-order valence-electron chi connectivity index (χ0n) is 11.6. The van der Waals surface area contributed by atoms with E-state index in [1.807, 2.05) is 0 Å². The van der Waals surface area contributed by atoms with E-state index in [4.69, 9.17) is 9.84 Å². The van der Waals surface area contributed by atoms with Crippen molar-refractivity contribution in [3.63, 3.8) is 0 Å². The van der Waals surface area contributed by atoms with Crippen LogP contribution in [0.3, 0.4) is 0 Å². The number of hydrogen-bond donors (Lipinski definition) is 2. The van der Waals surface area contributed by atoms with Crippen LogP contribution in [0.4, 0.5) is 0 Å². The lowest BCUT2D eigenvalue weighted by molar-refractivity contribution is 0.188. The van der Waals surface area contributed by atoms with Gasteiger partial charge in [0.05, 0.1) is 4.90 Å². The first-order chi connectivity index (χ1) is 9.49. The maximum atomic E-state index is 12.1. The quantitative estimate of drug-likeness (QED) is 0.759. The summed E-state index contributed by atoms with van der Waals surface area (Å²) in [5, 5.41) is 8.59. The zero-order chi connectivity index (χ0) is 15.0. The molecule has 110 valence electrons. The Kier molecular flexibility index (Phi) is 6.68. The highest BCUT2D eigenvalue weighted by Crippen LogP contribution is 2.11. The van der Waals surface area contributed by atoms with E-state index >= 15 is 0 Å². The lowest BCUT2D eigenvalue weighted by atomic mass is 10.2.